The van der Waals surface area contributed by atoms with Crippen molar-refractivity contribution in [3.63, 3.8) is 0 Å². The molecule has 7 aromatic carbocycles. The predicted octanol–water partition coefficient (Wildman–Crippen LogP) is 12.7. The third kappa shape index (κ3) is 5.51. The fraction of sp³-hybridized carbons (Fsp3) is 0. The third-order valence-corrected chi connectivity index (χ3v) is 10.7. The van der Waals surface area contributed by atoms with Crippen molar-refractivity contribution in [2.45, 2.75) is 0 Å². The van der Waals surface area contributed by atoms with Gasteiger partial charge in [0.1, 0.15) is 17.3 Å². The Labute approximate surface area is 328 Å². The number of hydrogen-bond donors (Lipinski definition) is 0. The van der Waals surface area contributed by atoms with Crippen LogP contribution in [0, 0.1) is 0 Å². The van der Waals surface area contributed by atoms with Crippen molar-refractivity contribution in [2.24, 2.45) is 0 Å². The molecule has 1 aliphatic rings. The van der Waals surface area contributed by atoms with Crippen molar-refractivity contribution in [2.75, 3.05) is 0 Å². The summed E-state index contributed by atoms with van der Waals surface area (Å²) in [6.45, 7) is 0. The number of pyridine rings is 2. The van der Waals surface area contributed by atoms with Crippen LogP contribution >= 0.6 is 0 Å². The minimum atomic E-state index is 0.714. The quantitative estimate of drug-likeness (QED) is 0.153. The summed E-state index contributed by atoms with van der Waals surface area (Å²) in [5.74, 6) is 2.26. The monoisotopic (exact) mass is 731 g/mol. The first kappa shape index (κ1) is 32.5. The van der Waals surface area contributed by atoms with E-state index in [1.807, 2.05) is 55.0 Å². The van der Waals surface area contributed by atoms with Crippen molar-refractivity contribution in [3.8, 4) is 39.6 Å². The molecule has 0 fully saturated rings. The van der Waals surface area contributed by atoms with Gasteiger partial charge in [0.2, 0.25) is 11.4 Å². The molecule has 0 saturated heterocycles. The van der Waals surface area contributed by atoms with Crippen LogP contribution in [-0.2, 0) is 0 Å². The first-order valence-corrected chi connectivity index (χ1v) is 19.0. The van der Waals surface area contributed by atoms with Gasteiger partial charge in [-0.3, -0.25) is 9.55 Å². The summed E-state index contributed by atoms with van der Waals surface area (Å²) in [7, 11) is 0. The van der Waals surface area contributed by atoms with Gasteiger partial charge in [0.25, 0.3) is 5.69 Å². The molecule has 0 saturated carbocycles. The number of ether oxygens (including phenoxy) is 1. The molecule has 0 amide bonds. The van der Waals surface area contributed by atoms with E-state index in [0.29, 0.717) is 5.75 Å². The molecule has 6 heteroatoms. The normalized spacial score (nSPS) is 12.1. The maximum atomic E-state index is 6.68. The maximum absolute atomic E-state index is 6.68. The van der Waals surface area contributed by atoms with Gasteiger partial charge in [-0.05, 0) is 86.3 Å². The van der Waals surface area contributed by atoms with Crippen LogP contribution in [0.15, 0.2) is 201 Å². The van der Waals surface area contributed by atoms with E-state index < -0.39 is 0 Å². The summed E-state index contributed by atoms with van der Waals surface area (Å²) < 4.78 is 13.2. The van der Waals surface area contributed by atoms with E-state index in [4.69, 9.17) is 4.74 Å². The van der Waals surface area contributed by atoms with Crippen molar-refractivity contribution < 1.29 is 4.74 Å². The van der Waals surface area contributed by atoms with E-state index in [0.717, 1.165) is 89.1 Å². The van der Waals surface area contributed by atoms with Crippen molar-refractivity contribution in [1.29, 1.82) is 0 Å². The van der Waals surface area contributed by atoms with E-state index in [2.05, 4.69) is 175 Å². The molecule has 11 rings (SSSR count). The molecule has 57 heavy (non-hydrogen) atoms. The van der Waals surface area contributed by atoms with Gasteiger partial charge in [-0.1, -0.05) is 97.1 Å². The lowest BCUT2D eigenvalue weighted by atomic mass is 9.95. The average Bonchev–Trinajstić information content (AvgIpc) is 3.83. The topological polar surface area (TPSA) is 46.0 Å². The summed E-state index contributed by atoms with van der Waals surface area (Å²) in [5, 5.41) is 4.52. The molecule has 0 aliphatic carbocycles. The summed E-state index contributed by atoms with van der Waals surface area (Å²) in [6, 6.07) is 67.1. The van der Waals surface area contributed by atoms with E-state index in [9.17, 15) is 0 Å². The molecule has 10 aromatic rings. The van der Waals surface area contributed by atoms with Gasteiger partial charge < -0.3 is 4.74 Å². The van der Waals surface area contributed by atoms with Gasteiger partial charge in [-0.15, -0.1) is 0 Å². The zero-order valence-corrected chi connectivity index (χ0v) is 30.7. The summed E-state index contributed by atoms with van der Waals surface area (Å²) in [6.07, 6.45) is 5.53. The summed E-state index contributed by atoms with van der Waals surface area (Å²) >= 11 is 0. The molecule has 3 aromatic heterocycles. The van der Waals surface area contributed by atoms with Gasteiger partial charge in [0.05, 0.1) is 39.8 Å². The van der Waals surface area contributed by atoms with Gasteiger partial charge in [-0.25, -0.2) is 4.98 Å². The molecule has 0 N–H and O–H groups in total. The molecule has 266 valence electrons. The lowest BCUT2D eigenvalue weighted by Crippen LogP contribution is -2.05. The van der Waals surface area contributed by atoms with Crippen LogP contribution in [-0.4, -0.2) is 20.5 Å². The zero-order chi connectivity index (χ0) is 37.7. The van der Waals surface area contributed by atoms with E-state index in [1.165, 1.54) is 0 Å². The minimum absolute atomic E-state index is 0.714. The van der Waals surface area contributed by atoms with E-state index in [1.54, 1.807) is 0 Å². The van der Waals surface area contributed by atoms with E-state index in [-0.39, 0.29) is 0 Å². The highest BCUT2D eigenvalue weighted by atomic mass is 16.5. The number of benzene rings is 7. The van der Waals surface area contributed by atoms with Crippen LogP contribution in [0.25, 0.3) is 60.6 Å². The highest BCUT2D eigenvalue weighted by Crippen LogP contribution is 2.47. The molecule has 0 radical (unpaired) electrons. The first-order chi connectivity index (χ1) is 28.3. The molecule has 1 aliphatic heterocycles. The third-order valence-electron chi connectivity index (χ3n) is 10.7. The Morgan fingerprint density at radius 3 is 2.00 bits per heavy atom. The highest BCUT2D eigenvalue weighted by Gasteiger charge is 2.41. The molecule has 4 heterocycles. The smallest absolute Gasteiger partial charge is 0.457 e. The van der Waals surface area contributed by atoms with Crippen LogP contribution in [0.1, 0.15) is 0 Å². The van der Waals surface area contributed by atoms with Crippen LogP contribution < -0.4 is 13.9 Å². The van der Waals surface area contributed by atoms with Gasteiger partial charge >= 0.3 is 11.7 Å². The maximum Gasteiger partial charge on any atom is 0.503 e. The SMILES string of the molecule is C1=[N+](c2cccc(Oc3ccc4c5ccncc5n(-c5ccccn5)c4c3)c2)c2ccc3ccccc3c2[N+]=1c1c(-c2ccccc2)cccc1-c1ccccc1. The minimum Gasteiger partial charge on any atom is -0.457 e. The number of para-hydroxylation sites is 1. The fourth-order valence-electron chi connectivity index (χ4n) is 8.17. The Hall–Kier alpha value is -7.92. The predicted molar refractivity (Wildman–Crippen MR) is 232 cm³/mol. The molecule has 0 atom stereocenters. The van der Waals surface area contributed by atoms with E-state index >= 15 is 0 Å². The number of fused-ring (bicyclic) bond motifs is 6. The lowest BCUT2D eigenvalue weighted by molar-refractivity contribution is 0.483. The summed E-state index contributed by atoms with van der Waals surface area (Å²) in [4.78, 5) is 9.11. The van der Waals surface area contributed by atoms with Crippen molar-refractivity contribution in [3.05, 3.63) is 201 Å². The molecular weight excluding hydrogens is 699 g/mol. The largest absolute Gasteiger partial charge is 0.503 e. The van der Waals surface area contributed by atoms with Gasteiger partial charge in [0, 0.05) is 41.4 Å². The second-order valence-corrected chi connectivity index (χ2v) is 14.1. The molecule has 6 nitrogen and oxygen atoms in total. The Kier molecular flexibility index (Phi) is 7.66. The van der Waals surface area contributed by atoms with Gasteiger partial charge in [-0.2, -0.15) is 0 Å². The molecular formula is C51H33N5O+2. The Morgan fingerprint density at radius 1 is 0.491 bits per heavy atom. The van der Waals surface area contributed by atoms with Gasteiger partial charge in [0.15, 0.2) is 0 Å². The Balaban J connectivity index is 1.09. The van der Waals surface area contributed by atoms with Crippen LogP contribution in [0.2, 0.25) is 0 Å². The number of hydrogen-bond acceptors (Lipinski definition) is 3. The lowest BCUT2D eigenvalue weighted by Gasteiger charge is -2.11. The second kappa shape index (κ2) is 13.4. The van der Waals surface area contributed by atoms with Crippen LogP contribution in [0.3, 0.4) is 0 Å². The average molecular weight is 732 g/mol. The summed E-state index contributed by atoms with van der Waals surface area (Å²) in [5.41, 5.74) is 10.6. The molecule has 0 unspecified atom stereocenters. The standard InChI is InChI=1S/C51H33N5O/c1-3-13-35(14-4-1)41-21-12-22-42(36-15-5-2-6-16-36)50(41)55-34-54(46-27-24-37-17-7-8-20-43(37)51(46)55)38-18-11-19-39(31-38)57-40-25-26-44-45-28-30-52-33-48(45)56(47(44)32-40)49-23-9-10-29-53-49/h1-33H/q+2. The highest BCUT2D eigenvalue weighted by molar-refractivity contribution is 6.09. The number of rotatable bonds is 7. The second-order valence-electron chi connectivity index (χ2n) is 14.1. The number of nitrogens with zero attached hydrogens (tertiary/aromatic N) is 5. The van der Waals surface area contributed by atoms with Crippen LogP contribution in [0.5, 0.6) is 11.5 Å². The molecule has 0 bridgehead atoms. The first-order valence-electron chi connectivity index (χ1n) is 19.0. The molecule has 0 spiro atoms. The zero-order valence-electron chi connectivity index (χ0n) is 30.7. The van der Waals surface area contributed by atoms with Crippen molar-refractivity contribution >= 4 is 61.3 Å². The van der Waals surface area contributed by atoms with Crippen molar-refractivity contribution in [1.82, 2.24) is 23.7 Å². The Morgan fingerprint density at radius 2 is 1.21 bits per heavy atom. The fourth-order valence-corrected chi connectivity index (χ4v) is 8.17. The Bertz CT molecular complexity index is 3180. The number of aromatic nitrogens is 3. The van der Waals surface area contributed by atoms with Crippen LogP contribution in [0.4, 0.5) is 22.7 Å².